The minimum atomic E-state index is -0.326. The van der Waals surface area contributed by atoms with E-state index in [2.05, 4.69) is 15.8 Å². The SMILES string of the molecule is O=C(N/N=C\c1ccc2ccccc2c1)c1ccc(NC(=O)c2ccccc2)cc1. The monoisotopic (exact) mass is 393 g/mol. The number of carbonyl (C=O) groups is 2. The Kier molecular flexibility index (Phi) is 5.62. The molecule has 0 aliphatic carbocycles. The molecule has 0 fully saturated rings. The number of hydrogen-bond donors (Lipinski definition) is 2. The quantitative estimate of drug-likeness (QED) is 0.376. The van der Waals surface area contributed by atoms with Crippen LogP contribution in [0, 0.1) is 0 Å². The first-order chi connectivity index (χ1) is 14.7. The van der Waals surface area contributed by atoms with Gasteiger partial charge in [0.15, 0.2) is 0 Å². The molecule has 5 heteroatoms. The van der Waals surface area contributed by atoms with Crippen LogP contribution in [0.4, 0.5) is 5.69 Å². The number of carbonyl (C=O) groups excluding carboxylic acids is 2. The second-order valence-corrected chi connectivity index (χ2v) is 6.70. The molecular formula is C25H19N3O2. The number of rotatable bonds is 5. The van der Waals surface area contributed by atoms with Crippen LogP contribution >= 0.6 is 0 Å². The molecular weight excluding hydrogens is 374 g/mol. The van der Waals surface area contributed by atoms with Crippen LogP contribution in [0.3, 0.4) is 0 Å². The largest absolute Gasteiger partial charge is 0.322 e. The van der Waals surface area contributed by atoms with Gasteiger partial charge in [-0.2, -0.15) is 5.10 Å². The van der Waals surface area contributed by atoms with E-state index in [0.29, 0.717) is 16.8 Å². The predicted octanol–water partition coefficient (Wildman–Crippen LogP) is 4.86. The lowest BCUT2D eigenvalue weighted by Crippen LogP contribution is -2.17. The molecule has 0 unspecified atom stereocenters. The summed E-state index contributed by atoms with van der Waals surface area (Å²) in [6, 6.07) is 29.6. The van der Waals surface area contributed by atoms with Crippen molar-refractivity contribution in [1.29, 1.82) is 0 Å². The molecule has 2 N–H and O–H groups in total. The summed E-state index contributed by atoms with van der Waals surface area (Å²) in [6.07, 6.45) is 1.61. The van der Waals surface area contributed by atoms with Crippen LogP contribution in [0.25, 0.3) is 10.8 Å². The Labute approximate surface area is 174 Å². The van der Waals surface area contributed by atoms with E-state index in [4.69, 9.17) is 0 Å². The standard InChI is InChI=1S/C25H19N3O2/c29-24(20-7-2-1-3-8-20)27-23-14-12-21(13-15-23)25(30)28-26-17-18-10-11-19-6-4-5-9-22(19)16-18/h1-17H,(H,27,29)(H,28,30)/b26-17-. The summed E-state index contributed by atoms with van der Waals surface area (Å²) < 4.78 is 0. The number of nitrogens with one attached hydrogen (secondary N) is 2. The maximum Gasteiger partial charge on any atom is 0.271 e. The fraction of sp³-hybridized carbons (Fsp3) is 0. The highest BCUT2D eigenvalue weighted by Crippen LogP contribution is 2.15. The first kappa shape index (κ1) is 19.1. The van der Waals surface area contributed by atoms with Crippen molar-refractivity contribution in [2.24, 2.45) is 5.10 Å². The molecule has 0 atom stereocenters. The lowest BCUT2D eigenvalue weighted by atomic mass is 10.1. The van der Waals surface area contributed by atoms with E-state index in [1.54, 1.807) is 54.7 Å². The molecule has 4 rings (SSSR count). The molecule has 0 aliphatic heterocycles. The van der Waals surface area contributed by atoms with Crippen LogP contribution in [-0.2, 0) is 0 Å². The van der Waals surface area contributed by atoms with Gasteiger partial charge < -0.3 is 5.32 Å². The zero-order chi connectivity index (χ0) is 20.8. The van der Waals surface area contributed by atoms with Crippen molar-refractivity contribution in [3.05, 3.63) is 114 Å². The van der Waals surface area contributed by atoms with Crippen LogP contribution in [0.5, 0.6) is 0 Å². The third kappa shape index (κ3) is 4.59. The van der Waals surface area contributed by atoms with Crippen LogP contribution in [0.15, 0.2) is 102 Å². The lowest BCUT2D eigenvalue weighted by molar-refractivity contribution is 0.0954. The predicted molar refractivity (Wildman–Crippen MR) is 120 cm³/mol. The van der Waals surface area contributed by atoms with E-state index in [0.717, 1.165) is 16.3 Å². The number of amides is 2. The maximum absolute atomic E-state index is 12.3. The van der Waals surface area contributed by atoms with Crippen molar-refractivity contribution in [3.63, 3.8) is 0 Å². The molecule has 0 saturated heterocycles. The molecule has 4 aromatic carbocycles. The van der Waals surface area contributed by atoms with Crippen molar-refractivity contribution in [1.82, 2.24) is 5.43 Å². The van der Waals surface area contributed by atoms with E-state index in [1.807, 2.05) is 48.5 Å². The molecule has 30 heavy (non-hydrogen) atoms. The Morgan fingerprint density at radius 3 is 2.10 bits per heavy atom. The van der Waals surface area contributed by atoms with Crippen molar-refractivity contribution in [2.45, 2.75) is 0 Å². The summed E-state index contributed by atoms with van der Waals surface area (Å²) in [7, 11) is 0. The van der Waals surface area contributed by atoms with Gasteiger partial charge in [-0.15, -0.1) is 0 Å². The fourth-order valence-corrected chi connectivity index (χ4v) is 3.02. The van der Waals surface area contributed by atoms with Gasteiger partial charge in [-0.25, -0.2) is 5.43 Å². The minimum absolute atomic E-state index is 0.201. The highest BCUT2D eigenvalue weighted by Gasteiger charge is 2.07. The van der Waals surface area contributed by atoms with Gasteiger partial charge in [0.1, 0.15) is 0 Å². The molecule has 0 heterocycles. The Morgan fingerprint density at radius 2 is 1.33 bits per heavy atom. The average Bonchev–Trinajstić information content (AvgIpc) is 2.80. The van der Waals surface area contributed by atoms with Gasteiger partial charge in [0.05, 0.1) is 6.21 Å². The number of hydrazone groups is 1. The first-order valence-corrected chi connectivity index (χ1v) is 9.48. The van der Waals surface area contributed by atoms with E-state index in [-0.39, 0.29) is 11.8 Å². The van der Waals surface area contributed by atoms with Gasteiger partial charge in [-0.1, -0.05) is 54.6 Å². The van der Waals surface area contributed by atoms with Crippen LogP contribution < -0.4 is 10.7 Å². The van der Waals surface area contributed by atoms with Crippen molar-refractivity contribution in [2.75, 3.05) is 5.32 Å². The van der Waals surface area contributed by atoms with Gasteiger partial charge in [0, 0.05) is 16.8 Å². The zero-order valence-corrected chi connectivity index (χ0v) is 16.1. The molecule has 5 nitrogen and oxygen atoms in total. The number of anilines is 1. The number of hydrogen-bond acceptors (Lipinski definition) is 3. The van der Waals surface area contributed by atoms with Crippen LogP contribution in [0.1, 0.15) is 26.3 Å². The summed E-state index contributed by atoms with van der Waals surface area (Å²) in [6.45, 7) is 0. The minimum Gasteiger partial charge on any atom is -0.322 e. The van der Waals surface area contributed by atoms with E-state index >= 15 is 0 Å². The van der Waals surface area contributed by atoms with Gasteiger partial charge in [-0.05, 0) is 58.8 Å². The maximum atomic E-state index is 12.3. The van der Waals surface area contributed by atoms with E-state index < -0.39 is 0 Å². The van der Waals surface area contributed by atoms with Crippen LogP contribution in [-0.4, -0.2) is 18.0 Å². The molecule has 0 bridgehead atoms. The lowest BCUT2D eigenvalue weighted by Gasteiger charge is -2.06. The second kappa shape index (κ2) is 8.84. The molecule has 0 radical (unpaired) electrons. The summed E-state index contributed by atoms with van der Waals surface area (Å²) in [5, 5.41) is 9.11. The molecule has 0 saturated carbocycles. The number of nitrogens with zero attached hydrogens (tertiary/aromatic N) is 1. The molecule has 2 amide bonds. The zero-order valence-electron chi connectivity index (χ0n) is 16.1. The van der Waals surface area contributed by atoms with Crippen molar-refractivity contribution in [3.8, 4) is 0 Å². The Balaban J connectivity index is 1.36. The van der Waals surface area contributed by atoms with E-state index in [1.165, 1.54) is 0 Å². The number of fused-ring (bicyclic) bond motifs is 1. The van der Waals surface area contributed by atoms with Gasteiger partial charge in [0.25, 0.3) is 11.8 Å². The fourth-order valence-electron chi connectivity index (χ4n) is 3.02. The Hall–Kier alpha value is -4.25. The van der Waals surface area contributed by atoms with Gasteiger partial charge in [-0.3, -0.25) is 9.59 Å². The molecule has 0 aromatic heterocycles. The van der Waals surface area contributed by atoms with E-state index in [9.17, 15) is 9.59 Å². The van der Waals surface area contributed by atoms with Crippen LogP contribution in [0.2, 0.25) is 0 Å². The summed E-state index contributed by atoms with van der Waals surface area (Å²) in [5.74, 6) is -0.527. The second-order valence-electron chi connectivity index (χ2n) is 6.70. The molecule has 0 spiro atoms. The molecule has 4 aromatic rings. The number of benzene rings is 4. The average molecular weight is 393 g/mol. The topological polar surface area (TPSA) is 70.6 Å². The van der Waals surface area contributed by atoms with Crippen molar-refractivity contribution >= 4 is 34.5 Å². The Morgan fingerprint density at radius 1 is 0.667 bits per heavy atom. The smallest absolute Gasteiger partial charge is 0.271 e. The molecule has 0 aliphatic rings. The summed E-state index contributed by atoms with van der Waals surface area (Å²) >= 11 is 0. The summed E-state index contributed by atoms with van der Waals surface area (Å²) in [4.78, 5) is 24.5. The summed E-state index contributed by atoms with van der Waals surface area (Å²) in [5.41, 5.74) is 5.05. The normalized spacial score (nSPS) is 10.8. The van der Waals surface area contributed by atoms with Crippen molar-refractivity contribution < 1.29 is 9.59 Å². The van der Waals surface area contributed by atoms with Gasteiger partial charge in [0.2, 0.25) is 0 Å². The first-order valence-electron chi connectivity index (χ1n) is 9.48. The highest BCUT2D eigenvalue weighted by atomic mass is 16.2. The Bertz CT molecular complexity index is 1220. The third-order valence-corrected chi connectivity index (χ3v) is 4.59. The molecule has 146 valence electrons. The third-order valence-electron chi connectivity index (χ3n) is 4.59. The van der Waals surface area contributed by atoms with Gasteiger partial charge >= 0.3 is 0 Å². The highest BCUT2D eigenvalue weighted by molar-refractivity contribution is 6.04.